The summed E-state index contributed by atoms with van der Waals surface area (Å²) in [5.41, 5.74) is 5.12. The van der Waals surface area contributed by atoms with Crippen LogP contribution in [-0.2, 0) is 20.8 Å². The molecular weight excluding hydrogens is 266 g/mol. The summed E-state index contributed by atoms with van der Waals surface area (Å²) in [7, 11) is 0. The van der Waals surface area contributed by atoms with Crippen LogP contribution in [0, 0.1) is 13.8 Å². The number of nitrogens with one attached hydrogen (secondary N) is 1. The Balaban J connectivity index is 1.72. The number of benzene rings is 1. The molecule has 116 valence electrons. The lowest BCUT2D eigenvalue weighted by Gasteiger charge is -2.25. The van der Waals surface area contributed by atoms with Crippen molar-refractivity contribution in [2.24, 2.45) is 0 Å². The van der Waals surface area contributed by atoms with Crippen LogP contribution in [0.1, 0.15) is 41.9 Å². The van der Waals surface area contributed by atoms with E-state index in [-0.39, 0.29) is 11.8 Å². The summed E-state index contributed by atoms with van der Waals surface area (Å²) < 4.78 is 16.7. The fraction of sp³-hybridized carbons (Fsp3) is 0.647. The number of ether oxygens (including phenoxy) is 3. The lowest BCUT2D eigenvalue weighted by Crippen LogP contribution is -2.42. The third kappa shape index (κ3) is 3.29. The number of aryl methyl sites for hydroxylation is 2. The Hall–Kier alpha value is -0.940. The SMILES string of the molecule is Cc1cc(C2OCCO2)c(C)cc1CNC1(C)CCOC1. The third-order valence-corrected chi connectivity index (χ3v) is 4.52. The zero-order valence-corrected chi connectivity index (χ0v) is 13.2. The Labute approximate surface area is 126 Å². The monoisotopic (exact) mass is 291 g/mol. The highest BCUT2D eigenvalue weighted by molar-refractivity contribution is 5.38. The molecule has 2 heterocycles. The molecule has 2 fully saturated rings. The molecule has 1 aromatic carbocycles. The van der Waals surface area contributed by atoms with Gasteiger partial charge in [-0.05, 0) is 43.9 Å². The predicted octanol–water partition coefficient (Wildman–Crippen LogP) is 2.62. The first-order valence-corrected chi connectivity index (χ1v) is 7.73. The average Bonchev–Trinajstić information content (AvgIpc) is 3.11. The molecule has 0 spiro atoms. The Bertz CT molecular complexity index is 503. The van der Waals surface area contributed by atoms with Gasteiger partial charge in [0.2, 0.25) is 0 Å². The van der Waals surface area contributed by atoms with E-state index in [4.69, 9.17) is 14.2 Å². The molecule has 1 aromatic rings. The van der Waals surface area contributed by atoms with Crippen LogP contribution in [-0.4, -0.2) is 32.0 Å². The first-order chi connectivity index (χ1) is 10.1. The average molecular weight is 291 g/mol. The van der Waals surface area contributed by atoms with Crippen LogP contribution in [0.2, 0.25) is 0 Å². The van der Waals surface area contributed by atoms with Gasteiger partial charge in [0.15, 0.2) is 6.29 Å². The minimum atomic E-state index is -0.188. The zero-order chi connectivity index (χ0) is 14.9. The van der Waals surface area contributed by atoms with Gasteiger partial charge >= 0.3 is 0 Å². The second-order valence-electron chi connectivity index (χ2n) is 6.43. The number of hydrogen-bond acceptors (Lipinski definition) is 4. The molecule has 1 unspecified atom stereocenters. The first-order valence-electron chi connectivity index (χ1n) is 7.73. The minimum absolute atomic E-state index is 0.108. The van der Waals surface area contributed by atoms with Gasteiger partial charge in [-0.3, -0.25) is 0 Å². The summed E-state index contributed by atoms with van der Waals surface area (Å²) >= 11 is 0. The van der Waals surface area contributed by atoms with Crippen molar-refractivity contribution >= 4 is 0 Å². The van der Waals surface area contributed by atoms with Gasteiger partial charge in [-0.2, -0.15) is 0 Å². The van der Waals surface area contributed by atoms with Gasteiger partial charge in [0, 0.05) is 24.3 Å². The third-order valence-electron chi connectivity index (χ3n) is 4.52. The van der Waals surface area contributed by atoms with Crippen molar-refractivity contribution in [1.29, 1.82) is 0 Å². The number of hydrogen-bond donors (Lipinski definition) is 1. The zero-order valence-electron chi connectivity index (χ0n) is 13.2. The highest BCUT2D eigenvalue weighted by Gasteiger charge is 2.29. The van der Waals surface area contributed by atoms with E-state index in [9.17, 15) is 0 Å². The maximum absolute atomic E-state index is 5.62. The van der Waals surface area contributed by atoms with Gasteiger partial charge in [-0.15, -0.1) is 0 Å². The molecule has 0 aromatic heterocycles. The molecule has 4 nitrogen and oxygen atoms in total. The fourth-order valence-corrected chi connectivity index (χ4v) is 3.00. The molecule has 1 N–H and O–H groups in total. The second kappa shape index (κ2) is 6.05. The van der Waals surface area contributed by atoms with E-state index < -0.39 is 0 Å². The Kier molecular flexibility index (Phi) is 4.31. The highest BCUT2D eigenvalue weighted by atomic mass is 16.7. The van der Waals surface area contributed by atoms with Crippen LogP contribution < -0.4 is 5.32 Å². The van der Waals surface area contributed by atoms with Gasteiger partial charge in [-0.1, -0.05) is 12.1 Å². The molecule has 0 aliphatic carbocycles. The van der Waals surface area contributed by atoms with E-state index in [0.29, 0.717) is 13.2 Å². The summed E-state index contributed by atoms with van der Waals surface area (Å²) in [5.74, 6) is 0. The quantitative estimate of drug-likeness (QED) is 0.925. The van der Waals surface area contributed by atoms with Gasteiger partial charge in [0.1, 0.15) is 0 Å². The molecule has 2 aliphatic heterocycles. The molecule has 0 amide bonds. The smallest absolute Gasteiger partial charge is 0.184 e. The van der Waals surface area contributed by atoms with Crippen molar-refractivity contribution in [1.82, 2.24) is 5.32 Å². The summed E-state index contributed by atoms with van der Waals surface area (Å²) in [4.78, 5) is 0. The molecule has 1 atom stereocenters. The minimum Gasteiger partial charge on any atom is -0.379 e. The van der Waals surface area contributed by atoms with E-state index in [1.54, 1.807) is 0 Å². The van der Waals surface area contributed by atoms with Crippen LogP contribution >= 0.6 is 0 Å². The standard InChI is InChI=1S/C17H25NO3/c1-12-9-15(16-20-6-7-21-16)13(2)8-14(12)10-18-17(3)4-5-19-11-17/h8-9,16,18H,4-7,10-11H2,1-3H3. The van der Waals surface area contributed by atoms with Crippen LogP contribution in [0.15, 0.2) is 12.1 Å². The van der Waals surface area contributed by atoms with Gasteiger partial charge in [0.25, 0.3) is 0 Å². The Morgan fingerprint density at radius 2 is 1.90 bits per heavy atom. The van der Waals surface area contributed by atoms with E-state index in [0.717, 1.165) is 31.7 Å². The van der Waals surface area contributed by atoms with Gasteiger partial charge < -0.3 is 19.5 Å². The van der Waals surface area contributed by atoms with Gasteiger partial charge in [0.05, 0.1) is 19.8 Å². The Morgan fingerprint density at radius 1 is 1.14 bits per heavy atom. The first kappa shape index (κ1) is 15.0. The van der Waals surface area contributed by atoms with Crippen molar-refractivity contribution in [3.8, 4) is 0 Å². The van der Waals surface area contributed by atoms with Crippen LogP contribution in [0.3, 0.4) is 0 Å². The van der Waals surface area contributed by atoms with E-state index >= 15 is 0 Å². The molecule has 0 radical (unpaired) electrons. The van der Waals surface area contributed by atoms with E-state index in [1.165, 1.54) is 16.7 Å². The topological polar surface area (TPSA) is 39.7 Å². The van der Waals surface area contributed by atoms with Gasteiger partial charge in [-0.25, -0.2) is 0 Å². The molecule has 4 heteroatoms. The lowest BCUT2D eigenvalue weighted by molar-refractivity contribution is -0.0445. The second-order valence-corrected chi connectivity index (χ2v) is 6.43. The molecule has 0 bridgehead atoms. The molecule has 0 saturated carbocycles. The largest absolute Gasteiger partial charge is 0.379 e. The van der Waals surface area contributed by atoms with Crippen LogP contribution in [0.4, 0.5) is 0 Å². The Morgan fingerprint density at radius 3 is 2.57 bits per heavy atom. The number of rotatable bonds is 4. The summed E-state index contributed by atoms with van der Waals surface area (Å²) in [6, 6.07) is 4.46. The summed E-state index contributed by atoms with van der Waals surface area (Å²) in [6.45, 7) is 10.4. The normalized spacial score (nSPS) is 26.6. The van der Waals surface area contributed by atoms with Crippen LogP contribution in [0.5, 0.6) is 0 Å². The summed E-state index contributed by atoms with van der Waals surface area (Å²) in [5, 5.41) is 3.64. The maximum Gasteiger partial charge on any atom is 0.184 e. The van der Waals surface area contributed by atoms with Crippen molar-refractivity contribution in [3.63, 3.8) is 0 Å². The van der Waals surface area contributed by atoms with Crippen molar-refractivity contribution < 1.29 is 14.2 Å². The van der Waals surface area contributed by atoms with Crippen LogP contribution in [0.25, 0.3) is 0 Å². The predicted molar refractivity (Wildman–Crippen MR) is 81.2 cm³/mol. The van der Waals surface area contributed by atoms with Crippen molar-refractivity contribution in [2.45, 2.75) is 45.6 Å². The van der Waals surface area contributed by atoms with E-state index in [2.05, 4.69) is 38.2 Å². The molecular formula is C17H25NO3. The molecule has 3 rings (SSSR count). The van der Waals surface area contributed by atoms with Crippen molar-refractivity contribution in [3.05, 3.63) is 34.4 Å². The maximum atomic E-state index is 5.62. The summed E-state index contributed by atoms with van der Waals surface area (Å²) in [6.07, 6.45) is 0.888. The lowest BCUT2D eigenvalue weighted by atomic mass is 9.97. The van der Waals surface area contributed by atoms with E-state index in [1.807, 2.05) is 0 Å². The molecule has 2 saturated heterocycles. The molecule has 21 heavy (non-hydrogen) atoms. The molecule has 2 aliphatic rings. The fourth-order valence-electron chi connectivity index (χ4n) is 3.00. The highest BCUT2D eigenvalue weighted by Crippen LogP contribution is 2.29. The van der Waals surface area contributed by atoms with Crippen molar-refractivity contribution in [2.75, 3.05) is 26.4 Å².